The van der Waals surface area contributed by atoms with Gasteiger partial charge in [-0.1, -0.05) is 6.07 Å². The van der Waals surface area contributed by atoms with Gasteiger partial charge in [-0.25, -0.2) is 0 Å². The van der Waals surface area contributed by atoms with E-state index in [-0.39, 0.29) is 23.4 Å². The molecule has 2 N–H and O–H groups in total. The van der Waals surface area contributed by atoms with Crippen LogP contribution in [0.15, 0.2) is 51.7 Å². The smallest absolute Gasteiger partial charge is 0.261 e. The number of H-pyrrole nitrogens is 1. The Kier molecular flexibility index (Phi) is 6.26. The number of benzene rings is 1. The normalized spacial score (nSPS) is 17.8. The van der Waals surface area contributed by atoms with E-state index in [0.717, 1.165) is 30.8 Å². The number of carbonyl (C=O) groups excluding carboxylic acids is 2. The van der Waals surface area contributed by atoms with Crippen LogP contribution in [0.1, 0.15) is 56.5 Å². The summed E-state index contributed by atoms with van der Waals surface area (Å²) in [6.07, 6.45) is 5.26. The number of likely N-dealkylation sites (tertiary alicyclic amines) is 1. The summed E-state index contributed by atoms with van der Waals surface area (Å²) in [6.45, 7) is 5.26. The summed E-state index contributed by atoms with van der Waals surface area (Å²) in [6, 6.07) is 9.63. The van der Waals surface area contributed by atoms with Gasteiger partial charge in [-0.3, -0.25) is 24.3 Å². The number of amides is 2. The van der Waals surface area contributed by atoms with Crippen LogP contribution < -0.4 is 10.9 Å². The van der Waals surface area contributed by atoms with Gasteiger partial charge < -0.3 is 15.2 Å². The van der Waals surface area contributed by atoms with E-state index in [4.69, 9.17) is 4.99 Å². The van der Waals surface area contributed by atoms with E-state index in [2.05, 4.69) is 33.6 Å². The fraction of sp³-hybridized carbons (Fsp3) is 0.357. The number of aromatic nitrogens is 1. The molecule has 1 atom stereocenters. The van der Waals surface area contributed by atoms with Gasteiger partial charge in [0.2, 0.25) is 0 Å². The van der Waals surface area contributed by atoms with Crippen molar-refractivity contribution in [2.24, 2.45) is 4.99 Å². The highest BCUT2D eigenvalue weighted by atomic mass is 32.1. The van der Waals surface area contributed by atoms with Gasteiger partial charge >= 0.3 is 0 Å². The van der Waals surface area contributed by atoms with Gasteiger partial charge in [-0.15, -0.1) is 11.3 Å². The summed E-state index contributed by atoms with van der Waals surface area (Å²) < 4.78 is 0. The molecule has 5 heterocycles. The second-order valence-electron chi connectivity index (χ2n) is 10.00. The molecular formula is C28H29N5O3S. The predicted octanol–water partition coefficient (Wildman–Crippen LogP) is 3.85. The molecule has 0 radical (unpaired) electrons. The summed E-state index contributed by atoms with van der Waals surface area (Å²) in [5, 5.41) is 5.54. The Bertz CT molecular complexity index is 1450. The number of pyridine rings is 1. The topological polar surface area (TPSA) is 97.9 Å². The first-order valence-corrected chi connectivity index (χ1v) is 13.7. The van der Waals surface area contributed by atoms with E-state index < -0.39 is 0 Å². The van der Waals surface area contributed by atoms with Gasteiger partial charge in [0.1, 0.15) is 0 Å². The number of aromatic amines is 1. The molecule has 1 aromatic carbocycles. The van der Waals surface area contributed by atoms with Crippen molar-refractivity contribution < 1.29 is 9.59 Å². The monoisotopic (exact) mass is 515 g/mol. The first-order valence-electron chi connectivity index (χ1n) is 12.8. The van der Waals surface area contributed by atoms with Crippen LogP contribution in [0.4, 0.5) is 11.4 Å². The number of fused-ring (bicyclic) bond motifs is 2. The van der Waals surface area contributed by atoms with Crippen molar-refractivity contribution in [3.8, 4) is 0 Å². The highest BCUT2D eigenvalue weighted by Crippen LogP contribution is 2.36. The molecule has 0 saturated carbocycles. The zero-order chi connectivity index (χ0) is 25.5. The standard InChI is InChI=1S/C28H29N5O3S/c1-17(13-19-5-4-12-37-19)30-22-6-7-29-26(34)25(22)24-15-18-14-20-21(16-23(18)31-24)28(36)33(27(20)35)11-10-32-8-2-3-9-32/h4-7,12,14,16-17H,2-3,8-11,13,15H2,1H3,(H2,29,30,34)/t17-/m0/s1. The molecule has 0 aliphatic carbocycles. The van der Waals surface area contributed by atoms with Crippen LogP contribution in [0.2, 0.25) is 0 Å². The van der Waals surface area contributed by atoms with Crippen molar-refractivity contribution in [2.75, 3.05) is 31.5 Å². The first-order chi connectivity index (χ1) is 18.0. The van der Waals surface area contributed by atoms with Gasteiger partial charge in [-0.2, -0.15) is 0 Å². The lowest BCUT2D eigenvalue weighted by molar-refractivity contribution is 0.0640. The number of anilines is 1. The highest BCUT2D eigenvalue weighted by molar-refractivity contribution is 7.09. The Morgan fingerprint density at radius 3 is 2.62 bits per heavy atom. The SMILES string of the molecule is C[C@@H](Cc1cccs1)Nc1cc[nH]c(=O)c1C1=Nc2cc3c(cc2C1)C(=O)N(CCN1CCCC1)C3=O. The molecule has 1 fully saturated rings. The number of imide groups is 1. The fourth-order valence-corrected chi connectivity index (χ4v) is 6.34. The van der Waals surface area contributed by atoms with Gasteiger partial charge in [0.15, 0.2) is 0 Å². The molecule has 0 bridgehead atoms. The van der Waals surface area contributed by atoms with E-state index in [1.165, 1.54) is 22.6 Å². The van der Waals surface area contributed by atoms with Crippen LogP contribution in [0, 0.1) is 0 Å². The molecule has 190 valence electrons. The Labute approximate surface area is 219 Å². The van der Waals surface area contributed by atoms with Crippen molar-refractivity contribution in [3.63, 3.8) is 0 Å². The number of nitrogens with zero attached hydrogens (tertiary/aromatic N) is 3. The van der Waals surface area contributed by atoms with Gasteiger partial charge in [0.05, 0.1) is 33.8 Å². The lowest BCUT2D eigenvalue weighted by Gasteiger charge is -2.19. The zero-order valence-electron chi connectivity index (χ0n) is 20.8. The van der Waals surface area contributed by atoms with Crippen LogP contribution in [-0.2, 0) is 12.8 Å². The third-order valence-electron chi connectivity index (χ3n) is 7.36. The second-order valence-corrected chi connectivity index (χ2v) is 11.0. The molecule has 3 aliphatic rings. The molecule has 8 nitrogen and oxygen atoms in total. The van der Waals surface area contributed by atoms with E-state index in [1.807, 2.05) is 12.1 Å². The molecule has 2 amide bonds. The van der Waals surface area contributed by atoms with Crippen LogP contribution in [0.5, 0.6) is 0 Å². The van der Waals surface area contributed by atoms with Gasteiger partial charge in [-0.05, 0) is 68.1 Å². The summed E-state index contributed by atoms with van der Waals surface area (Å²) in [7, 11) is 0. The van der Waals surface area contributed by atoms with Crippen molar-refractivity contribution in [2.45, 2.75) is 38.6 Å². The summed E-state index contributed by atoms with van der Waals surface area (Å²) >= 11 is 1.71. The number of hydrogen-bond donors (Lipinski definition) is 2. The number of rotatable bonds is 8. The maximum atomic E-state index is 13.1. The maximum Gasteiger partial charge on any atom is 0.261 e. The Morgan fingerprint density at radius 2 is 1.86 bits per heavy atom. The number of carbonyl (C=O) groups is 2. The zero-order valence-corrected chi connectivity index (χ0v) is 21.6. The minimum atomic E-state index is -0.257. The summed E-state index contributed by atoms with van der Waals surface area (Å²) in [5.41, 5.74) is 4.00. The van der Waals surface area contributed by atoms with Crippen LogP contribution in [0.25, 0.3) is 0 Å². The quantitative estimate of drug-likeness (QED) is 0.444. The number of aliphatic imine (C=N–C) groups is 1. The molecular weight excluding hydrogens is 486 g/mol. The van der Waals surface area contributed by atoms with Crippen LogP contribution in [0.3, 0.4) is 0 Å². The second kappa shape index (κ2) is 9.72. The molecule has 9 heteroatoms. The Hall–Kier alpha value is -3.56. The third-order valence-corrected chi connectivity index (χ3v) is 8.26. The maximum absolute atomic E-state index is 13.1. The lowest BCUT2D eigenvalue weighted by Crippen LogP contribution is -2.37. The number of thiophene rings is 1. The fourth-order valence-electron chi connectivity index (χ4n) is 5.51. The predicted molar refractivity (Wildman–Crippen MR) is 146 cm³/mol. The van der Waals surface area contributed by atoms with E-state index in [9.17, 15) is 14.4 Å². The number of hydrogen-bond acceptors (Lipinski definition) is 7. The molecule has 3 aliphatic heterocycles. The van der Waals surface area contributed by atoms with Crippen LogP contribution >= 0.6 is 11.3 Å². The van der Waals surface area contributed by atoms with E-state index >= 15 is 0 Å². The molecule has 6 rings (SSSR count). The molecule has 0 spiro atoms. The average Bonchev–Trinajstić information content (AvgIpc) is 3.67. The molecule has 37 heavy (non-hydrogen) atoms. The largest absolute Gasteiger partial charge is 0.381 e. The first kappa shape index (κ1) is 23.8. The van der Waals surface area contributed by atoms with Gasteiger partial charge in [0.25, 0.3) is 17.4 Å². The van der Waals surface area contributed by atoms with Crippen LogP contribution in [-0.4, -0.2) is 64.5 Å². The van der Waals surface area contributed by atoms with Crippen molar-refractivity contribution in [1.29, 1.82) is 0 Å². The minimum absolute atomic E-state index is 0.120. The highest BCUT2D eigenvalue weighted by Gasteiger charge is 2.37. The molecule has 1 saturated heterocycles. The third kappa shape index (κ3) is 4.53. The van der Waals surface area contributed by atoms with Crippen molar-refractivity contribution in [1.82, 2.24) is 14.8 Å². The van der Waals surface area contributed by atoms with E-state index in [0.29, 0.717) is 47.6 Å². The Morgan fingerprint density at radius 1 is 1.08 bits per heavy atom. The number of nitrogens with one attached hydrogen (secondary N) is 2. The van der Waals surface area contributed by atoms with Crippen molar-refractivity contribution in [3.05, 3.63) is 79.4 Å². The van der Waals surface area contributed by atoms with E-state index in [1.54, 1.807) is 29.7 Å². The molecule has 3 aromatic rings. The van der Waals surface area contributed by atoms with Gasteiger partial charge in [0, 0.05) is 43.0 Å². The lowest BCUT2D eigenvalue weighted by atomic mass is 10.00. The average molecular weight is 516 g/mol. The minimum Gasteiger partial charge on any atom is -0.381 e. The summed E-state index contributed by atoms with van der Waals surface area (Å²) in [5.74, 6) is -0.495. The van der Waals surface area contributed by atoms with Crippen molar-refractivity contribution >= 4 is 40.2 Å². The Balaban J connectivity index is 1.23. The summed E-state index contributed by atoms with van der Waals surface area (Å²) in [4.78, 5) is 51.6. The molecule has 0 unspecified atom stereocenters. The molecule has 2 aromatic heterocycles.